The molecule has 0 aliphatic carbocycles. The van der Waals surface area contributed by atoms with E-state index in [0.717, 1.165) is 32.2 Å². The second-order valence-corrected chi connectivity index (χ2v) is 6.76. The SMILES string of the molecule is CCCNC(CC)C1CCS(=O)(=O)CC1. The highest BCUT2D eigenvalue weighted by Gasteiger charge is 2.28. The van der Waals surface area contributed by atoms with Gasteiger partial charge in [0.05, 0.1) is 11.5 Å². The lowest BCUT2D eigenvalue weighted by molar-refractivity contribution is 0.320. The predicted molar refractivity (Wildman–Crippen MR) is 63.8 cm³/mol. The quantitative estimate of drug-likeness (QED) is 0.784. The normalized spacial score (nSPS) is 23.9. The first-order chi connectivity index (χ1) is 7.09. The molecule has 0 spiro atoms. The van der Waals surface area contributed by atoms with Crippen LogP contribution in [0.4, 0.5) is 0 Å². The highest BCUT2D eigenvalue weighted by molar-refractivity contribution is 7.91. The third-order valence-corrected chi connectivity index (χ3v) is 4.98. The van der Waals surface area contributed by atoms with E-state index >= 15 is 0 Å². The van der Waals surface area contributed by atoms with E-state index in [-0.39, 0.29) is 0 Å². The minimum atomic E-state index is -2.71. The molecule has 1 unspecified atom stereocenters. The van der Waals surface area contributed by atoms with Gasteiger partial charge in [-0.2, -0.15) is 0 Å². The molecule has 90 valence electrons. The first-order valence-electron chi connectivity index (χ1n) is 6.03. The molecule has 0 radical (unpaired) electrons. The molecule has 0 aromatic heterocycles. The van der Waals surface area contributed by atoms with E-state index < -0.39 is 9.84 Å². The zero-order valence-electron chi connectivity index (χ0n) is 9.83. The first kappa shape index (κ1) is 13.0. The maximum atomic E-state index is 11.3. The molecular formula is C11H23NO2S. The Bertz CT molecular complexity index is 260. The van der Waals surface area contributed by atoms with Crippen molar-refractivity contribution in [3.63, 3.8) is 0 Å². The number of nitrogens with one attached hydrogen (secondary N) is 1. The molecule has 3 nitrogen and oxygen atoms in total. The second-order valence-electron chi connectivity index (χ2n) is 4.46. The summed E-state index contributed by atoms with van der Waals surface area (Å²) < 4.78 is 22.6. The lowest BCUT2D eigenvalue weighted by Crippen LogP contribution is -2.40. The van der Waals surface area contributed by atoms with Crippen LogP contribution in [0.25, 0.3) is 0 Å². The predicted octanol–water partition coefficient (Wildman–Crippen LogP) is 1.59. The maximum absolute atomic E-state index is 11.3. The summed E-state index contributed by atoms with van der Waals surface area (Å²) in [5.41, 5.74) is 0. The molecule has 1 fully saturated rings. The molecule has 0 aromatic rings. The molecule has 1 atom stereocenters. The van der Waals surface area contributed by atoms with Crippen molar-refractivity contribution in [2.24, 2.45) is 5.92 Å². The Hall–Kier alpha value is -0.0900. The Labute approximate surface area is 93.6 Å². The minimum absolute atomic E-state index is 0.391. The van der Waals surface area contributed by atoms with Crippen LogP contribution in [0.1, 0.15) is 39.5 Å². The molecule has 1 aliphatic heterocycles. The van der Waals surface area contributed by atoms with Crippen molar-refractivity contribution in [3.05, 3.63) is 0 Å². The fourth-order valence-electron chi connectivity index (χ4n) is 2.28. The van der Waals surface area contributed by atoms with E-state index in [2.05, 4.69) is 19.2 Å². The highest BCUT2D eigenvalue weighted by atomic mass is 32.2. The standard InChI is InChI=1S/C11H23NO2S/c1-3-7-12-11(4-2)10-5-8-15(13,14)9-6-10/h10-12H,3-9H2,1-2H3. The van der Waals surface area contributed by atoms with Crippen LogP contribution in [0.3, 0.4) is 0 Å². The molecule has 0 aromatic carbocycles. The lowest BCUT2D eigenvalue weighted by atomic mass is 9.92. The third-order valence-electron chi connectivity index (χ3n) is 3.26. The summed E-state index contributed by atoms with van der Waals surface area (Å²) in [6.45, 7) is 5.38. The summed E-state index contributed by atoms with van der Waals surface area (Å²) in [7, 11) is -2.71. The Kier molecular flexibility index (Phi) is 5.06. The summed E-state index contributed by atoms with van der Waals surface area (Å²) in [6, 6.07) is 0.514. The van der Waals surface area contributed by atoms with Crippen LogP contribution < -0.4 is 5.32 Å². The number of hydrogen-bond donors (Lipinski definition) is 1. The molecule has 0 amide bonds. The van der Waals surface area contributed by atoms with Crippen molar-refractivity contribution >= 4 is 9.84 Å². The van der Waals surface area contributed by atoms with E-state index in [4.69, 9.17) is 0 Å². The van der Waals surface area contributed by atoms with Gasteiger partial charge in [0.25, 0.3) is 0 Å². The van der Waals surface area contributed by atoms with Crippen LogP contribution >= 0.6 is 0 Å². The van der Waals surface area contributed by atoms with Gasteiger partial charge in [-0.3, -0.25) is 0 Å². The van der Waals surface area contributed by atoms with Crippen LogP contribution in [0, 0.1) is 5.92 Å². The van der Waals surface area contributed by atoms with Crippen LogP contribution in [0.2, 0.25) is 0 Å². The Morgan fingerprint density at radius 1 is 1.27 bits per heavy atom. The van der Waals surface area contributed by atoms with Crippen molar-refractivity contribution in [2.45, 2.75) is 45.6 Å². The van der Waals surface area contributed by atoms with Crippen molar-refractivity contribution in [1.29, 1.82) is 0 Å². The van der Waals surface area contributed by atoms with Gasteiger partial charge in [0.1, 0.15) is 9.84 Å². The van der Waals surface area contributed by atoms with Gasteiger partial charge in [-0.25, -0.2) is 8.42 Å². The van der Waals surface area contributed by atoms with Gasteiger partial charge in [0.15, 0.2) is 0 Å². The third kappa shape index (κ3) is 4.11. The van der Waals surface area contributed by atoms with Gasteiger partial charge in [-0.1, -0.05) is 13.8 Å². The van der Waals surface area contributed by atoms with Gasteiger partial charge in [-0.15, -0.1) is 0 Å². The van der Waals surface area contributed by atoms with Gasteiger partial charge < -0.3 is 5.32 Å². The van der Waals surface area contributed by atoms with Crippen LogP contribution in [0.5, 0.6) is 0 Å². The molecule has 15 heavy (non-hydrogen) atoms. The van der Waals surface area contributed by atoms with Gasteiger partial charge in [-0.05, 0) is 38.1 Å². The van der Waals surface area contributed by atoms with E-state index in [1.807, 2.05) is 0 Å². The van der Waals surface area contributed by atoms with Gasteiger partial charge >= 0.3 is 0 Å². The Balaban J connectivity index is 2.42. The smallest absolute Gasteiger partial charge is 0.150 e. The van der Waals surface area contributed by atoms with Gasteiger partial charge in [0, 0.05) is 6.04 Å². The largest absolute Gasteiger partial charge is 0.314 e. The van der Waals surface area contributed by atoms with E-state index in [1.165, 1.54) is 0 Å². The van der Waals surface area contributed by atoms with Gasteiger partial charge in [0.2, 0.25) is 0 Å². The Morgan fingerprint density at radius 2 is 1.87 bits per heavy atom. The zero-order valence-corrected chi connectivity index (χ0v) is 10.6. The number of sulfone groups is 1. The topological polar surface area (TPSA) is 46.2 Å². The lowest BCUT2D eigenvalue weighted by Gasteiger charge is -2.30. The fourth-order valence-corrected chi connectivity index (χ4v) is 3.81. The van der Waals surface area contributed by atoms with E-state index in [0.29, 0.717) is 23.5 Å². The average molecular weight is 233 g/mol. The number of hydrogen-bond acceptors (Lipinski definition) is 3. The zero-order chi connectivity index (χ0) is 11.3. The van der Waals surface area contributed by atoms with Crippen molar-refractivity contribution < 1.29 is 8.42 Å². The minimum Gasteiger partial charge on any atom is -0.314 e. The summed E-state index contributed by atoms with van der Waals surface area (Å²) >= 11 is 0. The summed E-state index contributed by atoms with van der Waals surface area (Å²) in [4.78, 5) is 0. The summed E-state index contributed by atoms with van der Waals surface area (Å²) in [5.74, 6) is 1.34. The van der Waals surface area contributed by atoms with Crippen molar-refractivity contribution in [3.8, 4) is 0 Å². The molecule has 0 saturated carbocycles. The first-order valence-corrected chi connectivity index (χ1v) is 7.85. The Morgan fingerprint density at radius 3 is 2.33 bits per heavy atom. The molecule has 1 aliphatic rings. The monoisotopic (exact) mass is 233 g/mol. The van der Waals surface area contributed by atoms with E-state index in [9.17, 15) is 8.42 Å². The molecule has 0 bridgehead atoms. The van der Waals surface area contributed by atoms with Crippen LogP contribution in [-0.4, -0.2) is 32.5 Å². The second kappa shape index (κ2) is 5.85. The molecule has 1 heterocycles. The van der Waals surface area contributed by atoms with E-state index in [1.54, 1.807) is 0 Å². The fraction of sp³-hybridized carbons (Fsp3) is 1.00. The molecule has 1 saturated heterocycles. The van der Waals surface area contributed by atoms with Crippen molar-refractivity contribution in [1.82, 2.24) is 5.32 Å². The van der Waals surface area contributed by atoms with Crippen LogP contribution in [0.15, 0.2) is 0 Å². The molecular weight excluding hydrogens is 210 g/mol. The molecule has 1 N–H and O–H groups in total. The molecule has 1 rings (SSSR count). The molecule has 4 heteroatoms. The average Bonchev–Trinajstić information content (AvgIpc) is 2.21. The maximum Gasteiger partial charge on any atom is 0.150 e. The van der Waals surface area contributed by atoms with Crippen molar-refractivity contribution in [2.75, 3.05) is 18.1 Å². The van der Waals surface area contributed by atoms with Crippen LogP contribution in [-0.2, 0) is 9.84 Å². The highest BCUT2D eigenvalue weighted by Crippen LogP contribution is 2.23. The summed E-state index contributed by atoms with van der Waals surface area (Å²) in [6.07, 6.45) is 3.93. The summed E-state index contributed by atoms with van der Waals surface area (Å²) in [5, 5.41) is 3.52. The number of rotatable bonds is 5.